The molecular formula is C32H27F3N6O. The number of carbonyl (C=O) groups is 1. The molecule has 7 nitrogen and oxygen atoms in total. The Kier molecular flexibility index (Phi) is 7.43. The monoisotopic (exact) mass is 568 g/mol. The van der Waals surface area contributed by atoms with Gasteiger partial charge in [0.05, 0.1) is 29.2 Å². The van der Waals surface area contributed by atoms with Crippen molar-refractivity contribution in [3.63, 3.8) is 0 Å². The van der Waals surface area contributed by atoms with E-state index < -0.39 is 11.7 Å². The van der Waals surface area contributed by atoms with Crippen molar-refractivity contribution >= 4 is 34.1 Å². The molecule has 6 rings (SSSR count). The van der Waals surface area contributed by atoms with Gasteiger partial charge >= 0.3 is 6.18 Å². The van der Waals surface area contributed by atoms with Gasteiger partial charge in [0.25, 0.3) is 0 Å². The van der Waals surface area contributed by atoms with Gasteiger partial charge < -0.3 is 15.1 Å². The first-order valence-electron chi connectivity index (χ1n) is 13.5. The summed E-state index contributed by atoms with van der Waals surface area (Å²) in [6.07, 6.45) is 1.02. The number of anilines is 3. The van der Waals surface area contributed by atoms with E-state index in [9.17, 15) is 18.0 Å². The highest BCUT2D eigenvalue weighted by atomic mass is 19.4. The van der Waals surface area contributed by atoms with E-state index in [0.29, 0.717) is 11.3 Å². The van der Waals surface area contributed by atoms with Gasteiger partial charge in [-0.15, -0.1) is 0 Å². The summed E-state index contributed by atoms with van der Waals surface area (Å²) in [5.41, 5.74) is 5.07. The van der Waals surface area contributed by atoms with Gasteiger partial charge in [0, 0.05) is 49.9 Å². The van der Waals surface area contributed by atoms with Crippen molar-refractivity contribution in [3.8, 4) is 11.1 Å². The van der Waals surface area contributed by atoms with Crippen molar-refractivity contribution in [2.45, 2.75) is 12.6 Å². The van der Waals surface area contributed by atoms with Crippen molar-refractivity contribution in [1.82, 2.24) is 15.0 Å². The van der Waals surface area contributed by atoms with Gasteiger partial charge in [0.15, 0.2) is 0 Å². The van der Waals surface area contributed by atoms with E-state index in [-0.39, 0.29) is 12.3 Å². The molecule has 1 amide bonds. The standard InChI is InChI=1S/C32H27F3N6O/c33-32(34,35)25-6-1-22(2-7-25)19-31(42)38-26-8-3-23(4-9-26)24-5-10-28-29(20-24)39-30(21-37-28)41-17-15-40(16-18-41)27-11-13-36-14-12-27/h1-14,20-21H,15-19H2,(H,38,42). The van der Waals surface area contributed by atoms with Crippen LogP contribution in [0.3, 0.4) is 0 Å². The van der Waals surface area contributed by atoms with Crippen LogP contribution in [-0.4, -0.2) is 47.0 Å². The lowest BCUT2D eigenvalue weighted by atomic mass is 10.0. The molecule has 0 spiro atoms. The summed E-state index contributed by atoms with van der Waals surface area (Å²) in [5, 5.41) is 2.81. The van der Waals surface area contributed by atoms with Gasteiger partial charge in [0.1, 0.15) is 5.82 Å². The predicted octanol–water partition coefficient (Wildman–Crippen LogP) is 6.22. The van der Waals surface area contributed by atoms with Gasteiger partial charge in [0.2, 0.25) is 5.91 Å². The maximum absolute atomic E-state index is 12.8. The normalized spacial score (nSPS) is 13.8. The fourth-order valence-corrected chi connectivity index (χ4v) is 5.03. The Balaban J connectivity index is 1.10. The van der Waals surface area contributed by atoms with Crippen molar-refractivity contribution in [2.24, 2.45) is 0 Å². The van der Waals surface area contributed by atoms with E-state index >= 15 is 0 Å². The number of aromatic nitrogens is 3. The quantitative estimate of drug-likeness (QED) is 0.262. The number of piperazine rings is 1. The molecule has 3 aromatic carbocycles. The number of benzene rings is 3. The fraction of sp³-hybridized carbons (Fsp3) is 0.188. The number of nitrogens with zero attached hydrogens (tertiary/aromatic N) is 5. The van der Waals surface area contributed by atoms with Crippen LogP contribution in [0.2, 0.25) is 0 Å². The number of fused-ring (bicyclic) bond motifs is 1. The largest absolute Gasteiger partial charge is 0.416 e. The highest BCUT2D eigenvalue weighted by Gasteiger charge is 2.30. The molecule has 1 saturated heterocycles. The lowest BCUT2D eigenvalue weighted by molar-refractivity contribution is -0.137. The summed E-state index contributed by atoms with van der Waals surface area (Å²) in [7, 11) is 0. The number of alkyl halides is 3. The van der Waals surface area contributed by atoms with E-state index in [0.717, 1.165) is 66.3 Å². The molecule has 1 fully saturated rings. The minimum absolute atomic E-state index is 0.0235. The van der Waals surface area contributed by atoms with Crippen LogP contribution in [0.5, 0.6) is 0 Å². The number of nitrogens with one attached hydrogen (secondary N) is 1. The molecule has 0 unspecified atom stereocenters. The van der Waals surface area contributed by atoms with Gasteiger partial charge in [-0.2, -0.15) is 13.2 Å². The second-order valence-corrected chi connectivity index (χ2v) is 10.1. The molecule has 0 aliphatic carbocycles. The molecule has 2 aromatic heterocycles. The van der Waals surface area contributed by atoms with Gasteiger partial charge in [-0.1, -0.05) is 30.3 Å². The summed E-state index contributed by atoms with van der Waals surface area (Å²) in [6.45, 7) is 3.45. The Labute approximate surface area is 240 Å². The van der Waals surface area contributed by atoms with Crippen LogP contribution in [0, 0.1) is 0 Å². The number of amides is 1. The highest BCUT2D eigenvalue weighted by molar-refractivity contribution is 5.92. The molecule has 0 saturated carbocycles. The van der Waals surface area contributed by atoms with Crippen LogP contribution in [0.15, 0.2) is 97.5 Å². The first-order valence-corrected chi connectivity index (χ1v) is 13.5. The molecule has 0 bridgehead atoms. The van der Waals surface area contributed by atoms with Gasteiger partial charge in [-0.25, -0.2) is 4.98 Å². The maximum atomic E-state index is 12.8. The summed E-state index contributed by atoms with van der Waals surface area (Å²) < 4.78 is 38.3. The highest BCUT2D eigenvalue weighted by Crippen LogP contribution is 2.29. The van der Waals surface area contributed by atoms with Gasteiger partial charge in [-0.3, -0.25) is 14.8 Å². The number of hydrogen-bond donors (Lipinski definition) is 1. The summed E-state index contributed by atoms with van der Waals surface area (Å²) in [4.78, 5) is 30.7. The van der Waals surface area contributed by atoms with E-state index in [1.54, 1.807) is 12.1 Å². The van der Waals surface area contributed by atoms with Crippen molar-refractivity contribution < 1.29 is 18.0 Å². The maximum Gasteiger partial charge on any atom is 0.416 e. The van der Waals surface area contributed by atoms with E-state index in [1.165, 1.54) is 17.8 Å². The Morgan fingerprint density at radius 1 is 0.786 bits per heavy atom. The smallest absolute Gasteiger partial charge is 0.368 e. The molecule has 1 aliphatic heterocycles. The van der Waals surface area contributed by atoms with Crippen LogP contribution in [0.25, 0.3) is 22.2 Å². The van der Waals surface area contributed by atoms with Crippen LogP contribution >= 0.6 is 0 Å². The van der Waals surface area contributed by atoms with Crippen molar-refractivity contribution in [3.05, 3.63) is 109 Å². The third kappa shape index (κ3) is 6.17. The molecule has 10 heteroatoms. The zero-order valence-corrected chi connectivity index (χ0v) is 22.6. The van der Waals surface area contributed by atoms with Crippen molar-refractivity contribution in [2.75, 3.05) is 41.3 Å². The minimum atomic E-state index is -4.40. The number of halogens is 3. The second-order valence-electron chi connectivity index (χ2n) is 10.1. The summed E-state index contributed by atoms with van der Waals surface area (Å²) >= 11 is 0. The number of hydrogen-bond acceptors (Lipinski definition) is 6. The zero-order valence-electron chi connectivity index (χ0n) is 22.6. The second kappa shape index (κ2) is 11.5. The lowest BCUT2D eigenvalue weighted by Gasteiger charge is -2.36. The van der Waals surface area contributed by atoms with E-state index in [4.69, 9.17) is 4.98 Å². The van der Waals surface area contributed by atoms with Crippen molar-refractivity contribution in [1.29, 1.82) is 0 Å². The van der Waals surface area contributed by atoms with Crippen LogP contribution in [0.4, 0.5) is 30.4 Å². The first kappa shape index (κ1) is 27.2. The van der Waals surface area contributed by atoms with Crippen LogP contribution < -0.4 is 15.1 Å². The average Bonchev–Trinajstić information content (AvgIpc) is 3.01. The molecule has 0 radical (unpaired) electrons. The summed E-state index contributed by atoms with van der Waals surface area (Å²) in [5.74, 6) is 0.540. The number of pyridine rings is 1. The first-order chi connectivity index (χ1) is 20.3. The Morgan fingerprint density at radius 2 is 1.45 bits per heavy atom. The fourth-order valence-electron chi connectivity index (χ4n) is 5.03. The Hall–Kier alpha value is -4.99. The average molecular weight is 569 g/mol. The van der Waals surface area contributed by atoms with E-state index in [1.807, 2.05) is 61.1 Å². The third-order valence-corrected chi connectivity index (χ3v) is 7.31. The van der Waals surface area contributed by atoms with Gasteiger partial charge in [-0.05, 0) is 65.2 Å². The zero-order chi connectivity index (χ0) is 29.1. The molecule has 0 atom stereocenters. The van der Waals surface area contributed by atoms with Crippen LogP contribution in [0.1, 0.15) is 11.1 Å². The summed E-state index contributed by atoms with van der Waals surface area (Å²) in [6, 6.07) is 22.0. The Bertz CT molecular complexity index is 1680. The molecule has 1 aliphatic rings. The van der Waals surface area contributed by atoms with Crippen LogP contribution in [-0.2, 0) is 17.4 Å². The number of rotatable bonds is 6. The molecule has 5 aromatic rings. The Morgan fingerprint density at radius 3 is 2.14 bits per heavy atom. The number of carbonyl (C=O) groups excluding carboxylic acids is 1. The predicted molar refractivity (Wildman–Crippen MR) is 157 cm³/mol. The molecule has 1 N–H and O–H groups in total. The topological polar surface area (TPSA) is 74.2 Å². The molecular weight excluding hydrogens is 541 g/mol. The third-order valence-electron chi connectivity index (χ3n) is 7.31. The lowest BCUT2D eigenvalue weighted by Crippen LogP contribution is -2.46. The molecule has 42 heavy (non-hydrogen) atoms. The SMILES string of the molecule is O=C(Cc1ccc(C(F)(F)F)cc1)Nc1ccc(-c2ccc3ncc(N4CCN(c5ccncc5)CC4)nc3c2)cc1. The molecule has 3 heterocycles. The molecule has 212 valence electrons. The minimum Gasteiger partial charge on any atom is -0.368 e. The van der Waals surface area contributed by atoms with E-state index in [2.05, 4.69) is 25.1 Å².